The van der Waals surface area contributed by atoms with Crippen LogP contribution in [0.5, 0.6) is 0 Å². The predicted molar refractivity (Wildman–Crippen MR) is 103 cm³/mol. The molecule has 0 atom stereocenters. The lowest BCUT2D eigenvalue weighted by Gasteiger charge is -2.28. The average Bonchev–Trinajstić information content (AvgIpc) is 2.67. The Morgan fingerprint density at radius 3 is 2.20 bits per heavy atom. The number of aryl methyl sites for hydroxylation is 1. The molecule has 0 spiro atoms. The van der Waals surface area contributed by atoms with E-state index in [2.05, 4.69) is 18.2 Å². The van der Waals surface area contributed by atoms with E-state index in [1.54, 1.807) is 6.08 Å². The van der Waals surface area contributed by atoms with Crippen LogP contribution in [0.3, 0.4) is 0 Å². The minimum absolute atomic E-state index is 0.666. The Balaban J connectivity index is 1.53. The van der Waals surface area contributed by atoms with Gasteiger partial charge in [0.25, 0.3) is 0 Å². The van der Waals surface area contributed by atoms with Crippen molar-refractivity contribution in [3.8, 4) is 6.07 Å². The quantitative estimate of drug-likeness (QED) is 0.415. The molecule has 25 heavy (non-hydrogen) atoms. The Morgan fingerprint density at radius 2 is 1.56 bits per heavy atom. The third-order valence-electron chi connectivity index (χ3n) is 5.71. The SMILES string of the molecule is N#Cc1ccc(CCC2CCC(CCCCCC/C=C/F)CC2)cc1. The van der Waals surface area contributed by atoms with Gasteiger partial charge >= 0.3 is 0 Å². The Hall–Kier alpha value is -1.62. The average molecular weight is 342 g/mol. The second-order valence-electron chi connectivity index (χ2n) is 7.59. The third kappa shape index (κ3) is 7.86. The first-order chi connectivity index (χ1) is 12.3. The third-order valence-corrected chi connectivity index (χ3v) is 5.71. The topological polar surface area (TPSA) is 23.8 Å². The fourth-order valence-corrected chi connectivity index (χ4v) is 4.04. The molecule has 0 radical (unpaired) electrons. The molecule has 1 aromatic carbocycles. The Labute approximate surface area is 152 Å². The fraction of sp³-hybridized carbons (Fsp3) is 0.609. The molecule has 0 aliphatic heterocycles. The zero-order valence-corrected chi connectivity index (χ0v) is 15.4. The molecule has 1 aliphatic rings. The number of allylic oxidation sites excluding steroid dienone is 1. The van der Waals surface area contributed by atoms with Gasteiger partial charge in [0, 0.05) is 0 Å². The number of benzene rings is 1. The van der Waals surface area contributed by atoms with Crippen LogP contribution in [-0.2, 0) is 6.42 Å². The number of rotatable bonds is 10. The van der Waals surface area contributed by atoms with E-state index in [-0.39, 0.29) is 0 Å². The van der Waals surface area contributed by atoms with E-state index >= 15 is 0 Å². The van der Waals surface area contributed by atoms with Crippen molar-refractivity contribution in [2.75, 3.05) is 0 Å². The summed E-state index contributed by atoms with van der Waals surface area (Å²) in [4.78, 5) is 0. The summed E-state index contributed by atoms with van der Waals surface area (Å²) in [5, 5.41) is 8.85. The lowest BCUT2D eigenvalue weighted by molar-refractivity contribution is 0.249. The first-order valence-corrected chi connectivity index (χ1v) is 10.1. The number of nitriles is 1. The highest BCUT2D eigenvalue weighted by Crippen LogP contribution is 2.34. The highest BCUT2D eigenvalue weighted by molar-refractivity contribution is 5.31. The Kier molecular flexibility index (Phi) is 9.34. The summed E-state index contributed by atoms with van der Waals surface area (Å²) < 4.78 is 11.8. The van der Waals surface area contributed by atoms with Crippen LogP contribution in [0.15, 0.2) is 36.7 Å². The van der Waals surface area contributed by atoms with Crippen LogP contribution in [0.2, 0.25) is 0 Å². The molecule has 1 fully saturated rings. The summed E-state index contributed by atoms with van der Waals surface area (Å²) in [6.45, 7) is 0. The zero-order valence-electron chi connectivity index (χ0n) is 15.4. The van der Waals surface area contributed by atoms with Gasteiger partial charge in [-0.2, -0.15) is 5.26 Å². The molecule has 0 bridgehead atoms. The molecule has 0 aromatic heterocycles. The minimum atomic E-state index is 0.666. The number of halogens is 1. The van der Waals surface area contributed by atoms with Crippen LogP contribution in [0.1, 0.15) is 81.8 Å². The second kappa shape index (κ2) is 11.9. The first-order valence-electron chi connectivity index (χ1n) is 10.1. The van der Waals surface area contributed by atoms with Crippen molar-refractivity contribution in [1.82, 2.24) is 0 Å². The molecule has 2 rings (SSSR count). The van der Waals surface area contributed by atoms with E-state index in [1.165, 1.54) is 63.4 Å². The molecule has 0 saturated heterocycles. The van der Waals surface area contributed by atoms with Crippen LogP contribution < -0.4 is 0 Å². The van der Waals surface area contributed by atoms with Crippen LogP contribution in [0.25, 0.3) is 0 Å². The van der Waals surface area contributed by atoms with Gasteiger partial charge in [-0.3, -0.25) is 0 Å². The van der Waals surface area contributed by atoms with Crippen molar-refractivity contribution in [2.45, 2.75) is 77.0 Å². The van der Waals surface area contributed by atoms with Crippen molar-refractivity contribution in [1.29, 1.82) is 5.26 Å². The van der Waals surface area contributed by atoms with Gasteiger partial charge in [-0.1, -0.05) is 69.6 Å². The summed E-state index contributed by atoms with van der Waals surface area (Å²) in [7, 11) is 0. The molecule has 2 heteroatoms. The molecule has 0 amide bonds. The van der Waals surface area contributed by atoms with Gasteiger partial charge in [0.1, 0.15) is 0 Å². The molecule has 136 valence electrons. The molecule has 0 N–H and O–H groups in total. The highest BCUT2D eigenvalue weighted by Gasteiger charge is 2.20. The van der Waals surface area contributed by atoms with E-state index in [0.717, 1.165) is 36.7 Å². The number of hydrogen-bond donors (Lipinski definition) is 0. The summed E-state index contributed by atoms with van der Waals surface area (Å²) in [5.41, 5.74) is 2.12. The normalized spacial score (nSPS) is 20.6. The van der Waals surface area contributed by atoms with Gasteiger partial charge in [0.05, 0.1) is 18.0 Å². The fourth-order valence-electron chi connectivity index (χ4n) is 4.04. The largest absolute Gasteiger partial charge is 0.216 e. The molecule has 0 unspecified atom stereocenters. The monoisotopic (exact) mass is 341 g/mol. The molecule has 1 saturated carbocycles. The standard InChI is InChI=1S/C23H32FN/c24-18-6-4-2-1-3-5-7-20-8-10-21(11-9-20)12-13-22-14-16-23(19-25)17-15-22/h6,14-18,20-21H,1-5,7-13H2/b18-6+. The number of hydrogen-bond acceptors (Lipinski definition) is 1. The van der Waals surface area contributed by atoms with E-state index in [0.29, 0.717) is 6.33 Å². The molecule has 1 aliphatic carbocycles. The maximum absolute atomic E-state index is 11.8. The van der Waals surface area contributed by atoms with E-state index in [9.17, 15) is 4.39 Å². The summed E-state index contributed by atoms with van der Waals surface area (Å²) in [6.07, 6.45) is 17.6. The van der Waals surface area contributed by atoms with Crippen LogP contribution in [0.4, 0.5) is 4.39 Å². The molecule has 0 heterocycles. The van der Waals surface area contributed by atoms with Crippen molar-refractivity contribution < 1.29 is 4.39 Å². The van der Waals surface area contributed by atoms with Gasteiger partial charge in [-0.25, -0.2) is 4.39 Å². The van der Waals surface area contributed by atoms with Gasteiger partial charge < -0.3 is 0 Å². The number of nitrogens with zero attached hydrogens (tertiary/aromatic N) is 1. The van der Waals surface area contributed by atoms with Crippen LogP contribution in [0, 0.1) is 23.2 Å². The Morgan fingerprint density at radius 1 is 0.920 bits per heavy atom. The van der Waals surface area contributed by atoms with E-state index in [4.69, 9.17) is 5.26 Å². The molecule has 1 nitrogen and oxygen atoms in total. The van der Waals surface area contributed by atoms with Gasteiger partial charge in [-0.05, 0) is 55.2 Å². The lowest BCUT2D eigenvalue weighted by Crippen LogP contribution is -2.15. The lowest BCUT2D eigenvalue weighted by atomic mass is 9.77. The van der Waals surface area contributed by atoms with Gasteiger partial charge in [-0.15, -0.1) is 0 Å². The van der Waals surface area contributed by atoms with Crippen LogP contribution in [-0.4, -0.2) is 0 Å². The predicted octanol–water partition coefficient (Wildman–Crippen LogP) is 7.12. The van der Waals surface area contributed by atoms with E-state index in [1.807, 2.05) is 12.1 Å². The smallest absolute Gasteiger partial charge is 0.0991 e. The second-order valence-corrected chi connectivity index (χ2v) is 7.59. The highest BCUT2D eigenvalue weighted by atomic mass is 19.1. The van der Waals surface area contributed by atoms with Gasteiger partial charge in [0.2, 0.25) is 0 Å². The van der Waals surface area contributed by atoms with Crippen molar-refractivity contribution in [3.05, 3.63) is 47.8 Å². The first kappa shape index (κ1) is 19.7. The Bertz CT molecular complexity index is 532. The summed E-state index contributed by atoms with van der Waals surface area (Å²) in [6, 6.07) is 10.3. The summed E-state index contributed by atoms with van der Waals surface area (Å²) >= 11 is 0. The van der Waals surface area contributed by atoms with Crippen molar-refractivity contribution in [3.63, 3.8) is 0 Å². The molecule has 1 aromatic rings. The minimum Gasteiger partial charge on any atom is -0.216 e. The molecular weight excluding hydrogens is 309 g/mol. The summed E-state index contributed by atoms with van der Waals surface area (Å²) in [5.74, 6) is 1.83. The van der Waals surface area contributed by atoms with Gasteiger partial charge in [0.15, 0.2) is 0 Å². The van der Waals surface area contributed by atoms with Crippen LogP contribution >= 0.6 is 0 Å². The van der Waals surface area contributed by atoms with Crippen molar-refractivity contribution in [2.24, 2.45) is 11.8 Å². The maximum Gasteiger partial charge on any atom is 0.0991 e. The number of unbranched alkanes of at least 4 members (excludes halogenated alkanes) is 4. The molecular formula is C23H32FN. The van der Waals surface area contributed by atoms with Crippen molar-refractivity contribution >= 4 is 0 Å². The maximum atomic E-state index is 11.8. The zero-order chi connectivity index (χ0) is 17.7. The van der Waals surface area contributed by atoms with E-state index < -0.39 is 0 Å².